The Labute approximate surface area is 140 Å². The largest absolute Gasteiger partial charge is 0.322 e. The van der Waals surface area contributed by atoms with Crippen LogP contribution in [0.3, 0.4) is 0 Å². The van der Waals surface area contributed by atoms with E-state index in [1.54, 1.807) is 0 Å². The molecule has 0 bridgehead atoms. The van der Waals surface area contributed by atoms with Gasteiger partial charge in [-0.3, -0.25) is 4.90 Å². The van der Waals surface area contributed by atoms with Crippen molar-refractivity contribution in [2.75, 3.05) is 31.5 Å². The maximum Gasteiger partial charge on any atom is 0.321 e. The molecule has 0 saturated carbocycles. The van der Waals surface area contributed by atoms with Crippen LogP contribution in [0.25, 0.3) is 0 Å². The van der Waals surface area contributed by atoms with E-state index in [2.05, 4.69) is 63.0 Å². The standard InChI is InChI=1S/C19H31N3O/c1-6-15-9-8-10-16(7-2)17(15)20-18(23)21-11-13-22(14-12-21)19(3,4)5/h8-10H,6-7,11-14H2,1-5H3,(H,20,23). The molecule has 1 fully saturated rings. The van der Waals surface area contributed by atoms with Crippen molar-refractivity contribution in [1.29, 1.82) is 0 Å². The lowest BCUT2D eigenvalue weighted by atomic mass is 10.0. The first-order valence-electron chi connectivity index (χ1n) is 8.78. The predicted octanol–water partition coefficient (Wildman–Crippen LogP) is 3.76. The zero-order chi connectivity index (χ0) is 17.0. The van der Waals surface area contributed by atoms with Gasteiger partial charge in [0.15, 0.2) is 0 Å². The number of carbonyl (C=O) groups is 1. The molecule has 1 aliphatic heterocycles. The summed E-state index contributed by atoms with van der Waals surface area (Å²) < 4.78 is 0. The summed E-state index contributed by atoms with van der Waals surface area (Å²) in [6.45, 7) is 14.4. The van der Waals surface area contributed by atoms with Crippen LogP contribution in [-0.4, -0.2) is 47.5 Å². The maximum atomic E-state index is 12.7. The highest BCUT2D eigenvalue weighted by atomic mass is 16.2. The van der Waals surface area contributed by atoms with Gasteiger partial charge in [-0.15, -0.1) is 0 Å². The van der Waals surface area contributed by atoms with Crippen molar-refractivity contribution >= 4 is 11.7 Å². The van der Waals surface area contributed by atoms with Gasteiger partial charge in [-0.2, -0.15) is 0 Å². The third-order valence-electron chi connectivity index (χ3n) is 4.75. The van der Waals surface area contributed by atoms with Crippen molar-refractivity contribution in [3.05, 3.63) is 29.3 Å². The number of amides is 2. The van der Waals surface area contributed by atoms with Gasteiger partial charge in [0.25, 0.3) is 0 Å². The van der Waals surface area contributed by atoms with E-state index >= 15 is 0 Å². The fourth-order valence-electron chi connectivity index (χ4n) is 3.17. The van der Waals surface area contributed by atoms with Crippen molar-refractivity contribution in [1.82, 2.24) is 9.80 Å². The van der Waals surface area contributed by atoms with Gasteiger partial charge in [0.2, 0.25) is 0 Å². The molecule has 0 unspecified atom stereocenters. The number of urea groups is 1. The molecule has 128 valence electrons. The second-order valence-electron chi connectivity index (χ2n) is 7.23. The average Bonchev–Trinajstić information content (AvgIpc) is 2.54. The minimum atomic E-state index is 0.0363. The molecule has 0 radical (unpaired) electrons. The second kappa shape index (κ2) is 7.35. The summed E-state index contributed by atoms with van der Waals surface area (Å²) in [4.78, 5) is 17.0. The van der Waals surface area contributed by atoms with Gasteiger partial charge in [0.1, 0.15) is 0 Å². The van der Waals surface area contributed by atoms with Crippen LogP contribution in [0, 0.1) is 0 Å². The monoisotopic (exact) mass is 317 g/mol. The molecule has 2 rings (SSSR count). The van der Waals surface area contributed by atoms with E-state index in [1.165, 1.54) is 11.1 Å². The molecular weight excluding hydrogens is 286 g/mol. The van der Waals surface area contributed by atoms with Crippen LogP contribution in [0.15, 0.2) is 18.2 Å². The highest BCUT2D eigenvalue weighted by molar-refractivity contribution is 5.91. The number of nitrogens with zero attached hydrogens (tertiary/aromatic N) is 2. The fourth-order valence-corrected chi connectivity index (χ4v) is 3.17. The van der Waals surface area contributed by atoms with Crippen LogP contribution in [-0.2, 0) is 12.8 Å². The van der Waals surface area contributed by atoms with Crippen molar-refractivity contribution in [3.63, 3.8) is 0 Å². The molecule has 1 aromatic rings. The molecule has 4 nitrogen and oxygen atoms in total. The number of hydrogen-bond donors (Lipinski definition) is 1. The highest BCUT2D eigenvalue weighted by Gasteiger charge is 2.28. The molecule has 0 spiro atoms. The summed E-state index contributed by atoms with van der Waals surface area (Å²) in [5.41, 5.74) is 3.62. The minimum absolute atomic E-state index is 0.0363. The number of piperazine rings is 1. The number of carbonyl (C=O) groups excluding carboxylic acids is 1. The quantitative estimate of drug-likeness (QED) is 0.921. The average molecular weight is 317 g/mol. The number of hydrogen-bond acceptors (Lipinski definition) is 2. The van der Waals surface area contributed by atoms with Crippen LogP contribution in [0.4, 0.5) is 10.5 Å². The van der Waals surface area contributed by atoms with Crippen molar-refractivity contribution < 1.29 is 4.79 Å². The Morgan fingerprint density at radius 3 is 2.00 bits per heavy atom. The second-order valence-corrected chi connectivity index (χ2v) is 7.23. The molecule has 1 aliphatic rings. The van der Waals surface area contributed by atoms with E-state index in [4.69, 9.17) is 0 Å². The topological polar surface area (TPSA) is 35.6 Å². The molecule has 0 atom stereocenters. The summed E-state index contributed by atoms with van der Waals surface area (Å²) in [6, 6.07) is 6.32. The molecule has 1 heterocycles. The van der Waals surface area contributed by atoms with E-state index < -0.39 is 0 Å². The fraction of sp³-hybridized carbons (Fsp3) is 0.632. The number of anilines is 1. The van der Waals surface area contributed by atoms with E-state index in [1.807, 2.05) is 4.90 Å². The molecular formula is C19H31N3O. The third kappa shape index (κ3) is 4.25. The van der Waals surface area contributed by atoms with Crippen LogP contribution in [0.5, 0.6) is 0 Å². The molecule has 0 aliphatic carbocycles. The van der Waals surface area contributed by atoms with E-state index in [0.29, 0.717) is 0 Å². The molecule has 1 saturated heterocycles. The zero-order valence-electron chi connectivity index (χ0n) is 15.3. The van der Waals surface area contributed by atoms with Gasteiger partial charge in [-0.1, -0.05) is 32.0 Å². The lowest BCUT2D eigenvalue weighted by Crippen LogP contribution is -2.55. The maximum absolute atomic E-state index is 12.7. The molecule has 1 N–H and O–H groups in total. The van der Waals surface area contributed by atoms with Gasteiger partial charge in [-0.25, -0.2) is 4.79 Å². The van der Waals surface area contributed by atoms with E-state index in [-0.39, 0.29) is 11.6 Å². The number of rotatable bonds is 3. The number of aryl methyl sites for hydroxylation is 2. The molecule has 4 heteroatoms. The van der Waals surface area contributed by atoms with Crippen molar-refractivity contribution in [2.45, 2.75) is 53.0 Å². The lowest BCUT2D eigenvalue weighted by molar-refractivity contribution is 0.0774. The van der Waals surface area contributed by atoms with Gasteiger partial charge in [0.05, 0.1) is 0 Å². The van der Waals surface area contributed by atoms with E-state index in [9.17, 15) is 4.79 Å². The Morgan fingerprint density at radius 1 is 1.04 bits per heavy atom. The normalized spacial score (nSPS) is 16.5. The van der Waals surface area contributed by atoms with Gasteiger partial charge in [0, 0.05) is 37.4 Å². The highest BCUT2D eigenvalue weighted by Crippen LogP contribution is 2.23. The molecule has 23 heavy (non-hydrogen) atoms. The molecule has 1 aromatic carbocycles. The van der Waals surface area contributed by atoms with Crippen LogP contribution in [0.1, 0.15) is 45.7 Å². The summed E-state index contributed by atoms with van der Waals surface area (Å²) in [5, 5.41) is 3.17. The van der Waals surface area contributed by atoms with E-state index in [0.717, 1.165) is 44.7 Å². The number of nitrogens with one attached hydrogen (secondary N) is 1. The van der Waals surface area contributed by atoms with Gasteiger partial charge >= 0.3 is 6.03 Å². The zero-order valence-corrected chi connectivity index (χ0v) is 15.3. The lowest BCUT2D eigenvalue weighted by Gasteiger charge is -2.42. The first-order chi connectivity index (χ1) is 10.9. The summed E-state index contributed by atoms with van der Waals surface area (Å²) in [7, 11) is 0. The number of para-hydroxylation sites is 1. The first kappa shape index (κ1) is 17.8. The summed E-state index contributed by atoms with van der Waals surface area (Å²) >= 11 is 0. The summed E-state index contributed by atoms with van der Waals surface area (Å²) in [6.07, 6.45) is 1.86. The Balaban J connectivity index is 2.04. The van der Waals surface area contributed by atoms with Crippen LogP contribution in [0.2, 0.25) is 0 Å². The Morgan fingerprint density at radius 2 is 1.57 bits per heavy atom. The Hall–Kier alpha value is -1.55. The van der Waals surface area contributed by atoms with Crippen molar-refractivity contribution in [2.24, 2.45) is 0 Å². The number of benzene rings is 1. The van der Waals surface area contributed by atoms with Crippen LogP contribution < -0.4 is 5.32 Å². The summed E-state index contributed by atoms with van der Waals surface area (Å²) in [5.74, 6) is 0. The first-order valence-corrected chi connectivity index (χ1v) is 8.78. The minimum Gasteiger partial charge on any atom is -0.322 e. The smallest absolute Gasteiger partial charge is 0.321 e. The SMILES string of the molecule is CCc1cccc(CC)c1NC(=O)N1CCN(C(C)(C)C)CC1. The van der Waals surface area contributed by atoms with Gasteiger partial charge < -0.3 is 10.2 Å². The predicted molar refractivity (Wildman–Crippen MR) is 97.1 cm³/mol. The van der Waals surface area contributed by atoms with Gasteiger partial charge in [-0.05, 0) is 44.7 Å². The Kier molecular flexibility index (Phi) is 5.69. The van der Waals surface area contributed by atoms with Crippen molar-refractivity contribution in [3.8, 4) is 0 Å². The molecule has 2 amide bonds. The molecule has 0 aromatic heterocycles. The van der Waals surface area contributed by atoms with Crippen LogP contribution >= 0.6 is 0 Å². The Bertz CT molecular complexity index is 518. The third-order valence-corrected chi connectivity index (χ3v) is 4.75.